The third kappa shape index (κ3) is 4.53. The number of nitrogens with one attached hydrogen (secondary N) is 1. The van der Waals surface area contributed by atoms with Crippen LogP contribution in [0, 0.1) is 0 Å². The largest absolute Gasteiger partial charge is 0.338 e. The third-order valence-electron chi connectivity index (χ3n) is 5.31. The molecule has 0 saturated carbocycles. The standard InChI is InChI=1S/C23H29N3O2/c1-23(2)21(27)25(20-14-7-4-8-15-20)17-18-26(23)22(28)24-16-10-9-13-19-11-5-3-6-12-19/h3-8,11-12,14-15H,9-10,13,16-18H2,1-2H3,(H,24,28). The number of amides is 3. The molecule has 0 aliphatic carbocycles. The van der Waals surface area contributed by atoms with E-state index in [1.54, 1.807) is 9.80 Å². The predicted octanol–water partition coefficient (Wildman–Crippen LogP) is 3.85. The summed E-state index contributed by atoms with van der Waals surface area (Å²) in [6, 6.07) is 19.8. The molecule has 0 bridgehead atoms. The number of aryl methyl sites for hydroxylation is 1. The van der Waals surface area contributed by atoms with Crippen LogP contribution in [0.15, 0.2) is 60.7 Å². The smallest absolute Gasteiger partial charge is 0.318 e. The summed E-state index contributed by atoms with van der Waals surface area (Å²) < 4.78 is 0. The first-order chi connectivity index (χ1) is 13.5. The summed E-state index contributed by atoms with van der Waals surface area (Å²) in [6.45, 7) is 5.28. The average Bonchev–Trinajstić information content (AvgIpc) is 2.71. The zero-order chi connectivity index (χ0) is 20.0. The third-order valence-corrected chi connectivity index (χ3v) is 5.31. The second kappa shape index (κ2) is 8.91. The topological polar surface area (TPSA) is 52.7 Å². The highest BCUT2D eigenvalue weighted by Crippen LogP contribution is 2.27. The van der Waals surface area contributed by atoms with Gasteiger partial charge in [-0.2, -0.15) is 0 Å². The molecule has 28 heavy (non-hydrogen) atoms. The highest BCUT2D eigenvalue weighted by Gasteiger charge is 2.44. The van der Waals surface area contributed by atoms with Gasteiger partial charge in [0.05, 0.1) is 0 Å². The number of nitrogens with zero attached hydrogens (tertiary/aromatic N) is 2. The molecule has 1 fully saturated rings. The molecule has 2 aromatic carbocycles. The molecular formula is C23H29N3O2. The number of carbonyl (C=O) groups excluding carboxylic acids is 2. The number of para-hydroxylation sites is 1. The number of unbranched alkanes of at least 4 members (excludes halogenated alkanes) is 1. The minimum atomic E-state index is -0.873. The van der Waals surface area contributed by atoms with E-state index in [2.05, 4.69) is 17.4 Å². The number of piperazine rings is 1. The molecule has 3 amide bonds. The lowest BCUT2D eigenvalue weighted by molar-refractivity contribution is -0.129. The van der Waals surface area contributed by atoms with Gasteiger partial charge in [-0.1, -0.05) is 48.5 Å². The molecule has 2 aromatic rings. The Balaban J connectivity index is 1.49. The fraction of sp³-hybridized carbons (Fsp3) is 0.391. The minimum Gasteiger partial charge on any atom is -0.338 e. The molecule has 0 atom stereocenters. The Morgan fingerprint density at radius 1 is 0.964 bits per heavy atom. The molecule has 1 heterocycles. The molecule has 148 valence electrons. The number of benzene rings is 2. The number of carbonyl (C=O) groups is 2. The predicted molar refractivity (Wildman–Crippen MR) is 112 cm³/mol. The van der Waals surface area contributed by atoms with Gasteiger partial charge in [0.25, 0.3) is 5.91 Å². The van der Waals surface area contributed by atoms with Gasteiger partial charge in [-0.25, -0.2) is 4.79 Å². The van der Waals surface area contributed by atoms with Gasteiger partial charge in [-0.15, -0.1) is 0 Å². The number of urea groups is 1. The van der Waals surface area contributed by atoms with Gasteiger partial charge < -0.3 is 15.1 Å². The highest BCUT2D eigenvalue weighted by atomic mass is 16.2. The van der Waals surface area contributed by atoms with Crippen LogP contribution >= 0.6 is 0 Å². The second-order valence-electron chi connectivity index (χ2n) is 7.68. The van der Waals surface area contributed by atoms with Gasteiger partial charge >= 0.3 is 6.03 Å². The van der Waals surface area contributed by atoms with E-state index in [0.29, 0.717) is 19.6 Å². The van der Waals surface area contributed by atoms with Crippen molar-refractivity contribution in [1.29, 1.82) is 0 Å². The first-order valence-electron chi connectivity index (χ1n) is 9.96. The van der Waals surface area contributed by atoms with E-state index in [9.17, 15) is 9.59 Å². The van der Waals surface area contributed by atoms with E-state index < -0.39 is 5.54 Å². The number of anilines is 1. The lowest BCUT2D eigenvalue weighted by atomic mass is 9.97. The Hall–Kier alpha value is -2.82. The second-order valence-corrected chi connectivity index (χ2v) is 7.68. The van der Waals surface area contributed by atoms with Crippen LogP contribution < -0.4 is 10.2 Å². The highest BCUT2D eigenvalue weighted by molar-refractivity contribution is 6.02. The molecular weight excluding hydrogens is 350 g/mol. The zero-order valence-corrected chi connectivity index (χ0v) is 16.7. The van der Waals surface area contributed by atoms with Crippen molar-refractivity contribution >= 4 is 17.6 Å². The van der Waals surface area contributed by atoms with Gasteiger partial charge in [0.15, 0.2) is 0 Å². The number of rotatable bonds is 6. The van der Waals surface area contributed by atoms with Crippen LogP contribution in [0.2, 0.25) is 0 Å². The maximum Gasteiger partial charge on any atom is 0.318 e. The summed E-state index contributed by atoms with van der Waals surface area (Å²) >= 11 is 0. The molecule has 0 spiro atoms. The average molecular weight is 380 g/mol. The van der Waals surface area contributed by atoms with E-state index in [1.165, 1.54) is 5.56 Å². The van der Waals surface area contributed by atoms with Crippen LogP contribution in [-0.4, -0.2) is 42.0 Å². The van der Waals surface area contributed by atoms with Crippen molar-refractivity contribution in [3.63, 3.8) is 0 Å². The van der Waals surface area contributed by atoms with Crippen molar-refractivity contribution in [2.45, 2.75) is 38.6 Å². The minimum absolute atomic E-state index is 0.0517. The molecule has 1 aliphatic rings. The Morgan fingerprint density at radius 2 is 1.61 bits per heavy atom. The first-order valence-corrected chi connectivity index (χ1v) is 9.96. The zero-order valence-electron chi connectivity index (χ0n) is 16.7. The van der Waals surface area contributed by atoms with Crippen LogP contribution in [0.4, 0.5) is 10.5 Å². The summed E-state index contributed by atoms with van der Waals surface area (Å²) in [5.74, 6) is -0.0517. The van der Waals surface area contributed by atoms with Crippen molar-refractivity contribution in [2.24, 2.45) is 0 Å². The van der Waals surface area contributed by atoms with E-state index >= 15 is 0 Å². The Kier molecular flexibility index (Phi) is 6.34. The van der Waals surface area contributed by atoms with Gasteiger partial charge in [0.2, 0.25) is 0 Å². The Labute approximate surface area is 167 Å². The van der Waals surface area contributed by atoms with Crippen molar-refractivity contribution in [1.82, 2.24) is 10.2 Å². The van der Waals surface area contributed by atoms with Gasteiger partial charge in [-0.05, 0) is 50.8 Å². The van der Waals surface area contributed by atoms with Crippen LogP contribution in [0.1, 0.15) is 32.3 Å². The van der Waals surface area contributed by atoms with Crippen LogP contribution in [-0.2, 0) is 11.2 Å². The van der Waals surface area contributed by atoms with Gasteiger partial charge in [0.1, 0.15) is 5.54 Å². The number of hydrogen-bond acceptors (Lipinski definition) is 2. The van der Waals surface area contributed by atoms with Crippen molar-refractivity contribution < 1.29 is 9.59 Å². The van der Waals surface area contributed by atoms with Crippen molar-refractivity contribution in [2.75, 3.05) is 24.5 Å². The van der Waals surface area contributed by atoms with E-state index in [0.717, 1.165) is 24.9 Å². The van der Waals surface area contributed by atoms with Crippen LogP contribution in [0.5, 0.6) is 0 Å². The first kappa shape index (κ1) is 19.9. The quantitative estimate of drug-likeness (QED) is 0.775. The lowest BCUT2D eigenvalue weighted by Gasteiger charge is -2.45. The molecule has 1 N–H and O–H groups in total. The van der Waals surface area contributed by atoms with E-state index in [1.807, 2.05) is 62.4 Å². The number of hydrogen-bond donors (Lipinski definition) is 1. The maximum absolute atomic E-state index is 13.0. The van der Waals surface area contributed by atoms with E-state index in [4.69, 9.17) is 0 Å². The molecule has 0 unspecified atom stereocenters. The van der Waals surface area contributed by atoms with Crippen molar-refractivity contribution in [3.05, 3.63) is 66.2 Å². The van der Waals surface area contributed by atoms with Gasteiger partial charge in [-0.3, -0.25) is 4.79 Å². The lowest BCUT2D eigenvalue weighted by Crippen LogP contribution is -2.66. The molecule has 5 heteroatoms. The SMILES string of the molecule is CC1(C)C(=O)N(c2ccccc2)CCN1C(=O)NCCCCc1ccccc1. The summed E-state index contributed by atoms with van der Waals surface area (Å²) in [6.07, 6.45) is 2.95. The van der Waals surface area contributed by atoms with Crippen LogP contribution in [0.3, 0.4) is 0 Å². The molecule has 5 nitrogen and oxygen atoms in total. The van der Waals surface area contributed by atoms with Crippen molar-refractivity contribution in [3.8, 4) is 0 Å². The Morgan fingerprint density at radius 3 is 2.29 bits per heavy atom. The summed E-state index contributed by atoms with van der Waals surface area (Å²) in [5, 5.41) is 2.99. The Bertz CT molecular complexity index is 790. The molecule has 0 radical (unpaired) electrons. The molecule has 3 rings (SSSR count). The normalized spacial score (nSPS) is 16.1. The van der Waals surface area contributed by atoms with Crippen LogP contribution in [0.25, 0.3) is 0 Å². The fourth-order valence-electron chi connectivity index (χ4n) is 3.63. The van der Waals surface area contributed by atoms with E-state index in [-0.39, 0.29) is 11.9 Å². The summed E-state index contributed by atoms with van der Waals surface area (Å²) in [4.78, 5) is 29.1. The molecule has 1 aliphatic heterocycles. The summed E-state index contributed by atoms with van der Waals surface area (Å²) in [7, 11) is 0. The fourth-order valence-corrected chi connectivity index (χ4v) is 3.63. The maximum atomic E-state index is 13.0. The molecule has 0 aromatic heterocycles. The monoisotopic (exact) mass is 379 g/mol. The molecule has 1 saturated heterocycles. The van der Waals surface area contributed by atoms with Gasteiger partial charge in [0, 0.05) is 25.3 Å². The summed E-state index contributed by atoms with van der Waals surface area (Å²) in [5.41, 5.74) is 1.32.